The maximum Gasteiger partial charge on any atom is 0.167 e. The van der Waals surface area contributed by atoms with Crippen molar-refractivity contribution < 1.29 is 14.9 Å². The number of nitrogens with zero attached hydrogens (tertiary/aromatic N) is 4. The maximum atomic E-state index is 10.2. The first-order valence-electron chi connectivity index (χ1n) is 9.24. The topological polar surface area (TPSA) is 119 Å². The molecule has 150 valence electrons. The average molecular weight is 460 g/mol. The van der Waals surface area contributed by atoms with Gasteiger partial charge in [0.25, 0.3) is 0 Å². The van der Waals surface area contributed by atoms with Crippen molar-refractivity contribution in [2.24, 2.45) is 0 Å². The lowest BCUT2D eigenvalue weighted by Gasteiger charge is -2.17. The lowest BCUT2D eigenvalue weighted by molar-refractivity contribution is -0.0430. The molecule has 10 heteroatoms. The molecule has 2 aromatic heterocycles. The third-order valence-electron chi connectivity index (χ3n) is 4.82. The van der Waals surface area contributed by atoms with Gasteiger partial charge in [0.1, 0.15) is 17.4 Å². The van der Waals surface area contributed by atoms with Crippen molar-refractivity contribution in [1.82, 2.24) is 19.5 Å². The van der Waals surface area contributed by atoms with Crippen LogP contribution >= 0.6 is 28.6 Å². The smallest absolute Gasteiger partial charge is 0.167 e. The Kier molecular flexibility index (Phi) is 7.32. The molecule has 0 bridgehead atoms. The van der Waals surface area contributed by atoms with E-state index in [1.807, 2.05) is 0 Å². The quantitative estimate of drug-likeness (QED) is 0.256. The minimum Gasteiger partial charge on any atom is -0.394 e. The largest absolute Gasteiger partial charge is 0.394 e. The van der Waals surface area contributed by atoms with Gasteiger partial charge in [0.15, 0.2) is 17.7 Å². The van der Waals surface area contributed by atoms with Crippen molar-refractivity contribution in [3.63, 3.8) is 0 Å². The van der Waals surface area contributed by atoms with Crippen LogP contribution in [-0.4, -0.2) is 59.1 Å². The summed E-state index contributed by atoms with van der Waals surface area (Å²) in [6, 6.07) is 0. The number of imidazole rings is 1. The number of aryl methyl sites for hydroxylation is 1. The summed E-state index contributed by atoms with van der Waals surface area (Å²) in [6.45, 7) is -0.279. The molecule has 27 heavy (non-hydrogen) atoms. The number of anilines is 1. The van der Waals surface area contributed by atoms with Gasteiger partial charge in [-0.05, 0) is 12.8 Å². The molecule has 1 aliphatic rings. The SMILES string of the molecule is Nc1nc(CCCCCCCBr)nc2c1ncn2[C@@H]1O[C@H](CO)[C@@H](O)[C@H]1S. The number of rotatable bonds is 9. The predicted octanol–water partition coefficient (Wildman–Crippen LogP) is 1.85. The molecule has 0 saturated carbocycles. The first-order chi connectivity index (χ1) is 13.1. The van der Waals surface area contributed by atoms with Crippen LogP contribution in [0, 0.1) is 0 Å². The van der Waals surface area contributed by atoms with Crippen LogP contribution in [0.25, 0.3) is 11.2 Å². The van der Waals surface area contributed by atoms with Gasteiger partial charge in [-0.2, -0.15) is 12.6 Å². The summed E-state index contributed by atoms with van der Waals surface area (Å²) in [6.07, 6.45) is 5.91. The Bertz CT molecular complexity index is 761. The van der Waals surface area contributed by atoms with Crippen molar-refractivity contribution in [3.05, 3.63) is 12.2 Å². The first kappa shape index (κ1) is 20.8. The summed E-state index contributed by atoms with van der Waals surface area (Å²) < 4.78 is 7.46. The number of nitrogens with two attached hydrogens (primary N) is 1. The fraction of sp³-hybridized carbons (Fsp3) is 0.706. The second-order valence-electron chi connectivity index (χ2n) is 6.78. The molecule has 3 heterocycles. The second kappa shape index (κ2) is 9.51. The Hall–Kier alpha value is -0.940. The number of hydrogen-bond acceptors (Lipinski definition) is 8. The second-order valence-corrected chi connectivity index (χ2v) is 8.17. The van der Waals surface area contributed by atoms with Gasteiger partial charge in [0.2, 0.25) is 0 Å². The van der Waals surface area contributed by atoms with Gasteiger partial charge < -0.3 is 20.7 Å². The first-order valence-corrected chi connectivity index (χ1v) is 10.9. The van der Waals surface area contributed by atoms with Gasteiger partial charge in [-0.3, -0.25) is 4.57 Å². The summed E-state index contributed by atoms with van der Waals surface area (Å²) in [5, 5.41) is 20.1. The molecule has 1 aliphatic heterocycles. The van der Waals surface area contributed by atoms with Crippen LogP contribution in [0.15, 0.2) is 6.33 Å². The zero-order valence-electron chi connectivity index (χ0n) is 15.0. The van der Waals surface area contributed by atoms with E-state index < -0.39 is 23.7 Å². The Morgan fingerprint density at radius 2 is 1.96 bits per heavy atom. The monoisotopic (exact) mass is 459 g/mol. The summed E-state index contributed by atoms with van der Waals surface area (Å²) in [5.74, 6) is 1.01. The van der Waals surface area contributed by atoms with E-state index in [2.05, 4.69) is 43.5 Å². The molecule has 0 radical (unpaired) electrons. The number of halogens is 1. The van der Waals surface area contributed by atoms with E-state index in [4.69, 9.17) is 10.5 Å². The van der Waals surface area contributed by atoms with Gasteiger partial charge in [0, 0.05) is 11.8 Å². The van der Waals surface area contributed by atoms with E-state index in [0.717, 1.165) is 24.6 Å². The molecule has 1 fully saturated rings. The highest BCUT2D eigenvalue weighted by molar-refractivity contribution is 9.09. The van der Waals surface area contributed by atoms with Crippen LogP contribution in [0.1, 0.15) is 44.2 Å². The third kappa shape index (κ3) is 4.56. The number of aromatic nitrogens is 4. The molecule has 8 nitrogen and oxygen atoms in total. The molecule has 0 amide bonds. The van der Waals surface area contributed by atoms with E-state index in [1.54, 1.807) is 10.9 Å². The zero-order valence-corrected chi connectivity index (χ0v) is 17.5. The van der Waals surface area contributed by atoms with Gasteiger partial charge >= 0.3 is 0 Å². The molecule has 0 aromatic carbocycles. The highest BCUT2D eigenvalue weighted by Gasteiger charge is 2.43. The number of ether oxygens (including phenoxy) is 1. The standard InChI is InChI=1S/C17H26BrN5O3S/c18-7-5-3-1-2-4-6-11-21-15(19)12-16(22-11)23(9-20-12)17-14(27)13(25)10(8-24)26-17/h9-10,13-14,17,24-25,27H,1-8H2,(H2,19,21,22)/t10-,13-,14-,17-/m1/s1. The van der Waals surface area contributed by atoms with Crippen LogP contribution < -0.4 is 5.73 Å². The molecular weight excluding hydrogens is 434 g/mol. The van der Waals surface area contributed by atoms with Crippen LogP contribution in [0.4, 0.5) is 5.82 Å². The fourth-order valence-corrected chi connectivity index (χ4v) is 4.10. The van der Waals surface area contributed by atoms with Crippen molar-refractivity contribution >= 4 is 45.5 Å². The fourth-order valence-electron chi connectivity index (χ4n) is 3.30. The number of nitrogen functional groups attached to an aromatic ring is 1. The van der Waals surface area contributed by atoms with Crippen molar-refractivity contribution in [1.29, 1.82) is 0 Å². The zero-order chi connectivity index (χ0) is 19.4. The molecular formula is C17H26BrN5O3S. The number of aliphatic hydroxyl groups excluding tert-OH is 2. The summed E-state index contributed by atoms with van der Waals surface area (Å²) >= 11 is 7.89. The minimum atomic E-state index is -0.876. The average Bonchev–Trinajstić information content (AvgIpc) is 3.20. The van der Waals surface area contributed by atoms with E-state index in [0.29, 0.717) is 22.8 Å². The molecule has 0 spiro atoms. The van der Waals surface area contributed by atoms with Crippen LogP contribution in [0.2, 0.25) is 0 Å². The summed E-state index contributed by atoms with van der Waals surface area (Å²) in [5.41, 5.74) is 7.14. The summed E-state index contributed by atoms with van der Waals surface area (Å²) in [7, 11) is 0. The van der Waals surface area contributed by atoms with E-state index >= 15 is 0 Å². The molecule has 0 aliphatic carbocycles. The number of hydrogen-bond donors (Lipinski definition) is 4. The van der Waals surface area contributed by atoms with Gasteiger partial charge in [-0.25, -0.2) is 15.0 Å². The number of aliphatic hydroxyl groups is 2. The van der Waals surface area contributed by atoms with Gasteiger partial charge in [-0.1, -0.05) is 35.2 Å². The number of thiol groups is 1. The Balaban J connectivity index is 1.75. The van der Waals surface area contributed by atoms with Crippen LogP contribution in [-0.2, 0) is 11.2 Å². The molecule has 1 saturated heterocycles. The highest BCUT2D eigenvalue weighted by Crippen LogP contribution is 2.35. The van der Waals surface area contributed by atoms with E-state index in [9.17, 15) is 10.2 Å². The minimum absolute atomic E-state index is 0.279. The number of alkyl halides is 1. The van der Waals surface area contributed by atoms with Crippen molar-refractivity contribution in [3.8, 4) is 0 Å². The van der Waals surface area contributed by atoms with Crippen molar-refractivity contribution in [2.45, 2.75) is 62.2 Å². The molecule has 3 rings (SSSR count). The van der Waals surface area contributed by atoms with Crippen LogP contribution in [0.3, 0.4) is 0 Å². The lowest BCUT2D eigenvalue weighted by atomic mass is 10.1. The Labute approximate surface area is 172 Å². The van der Waals surface area contributed by atoms with Crippen LogP contribution in [0.5, 0.6) is 0 Å². The molecule has 2 aromatic rings. The van der Waals surface area contributed by atoms with Gasteiger partial charge in [-0.15, -0.1) is 0 Å². The van der Waals surface area contributed by atoms with E-state index in [1.165, 1.54) is 19.3 Å². The lowest BCUT2D eigenvalue weighted by Crippen LogP contribution is -2.30. The molecule has 4 atom stereocenters. The number of unbranched alkanes of at least 4 members (excludes halogenated alkanes) is 4. The number of fused-ring (bicyclic) bond motifs is 1. The van der Waals surface area contributed by atoms with Crippen molar-refractivity contribution in [2.75, 3.05) is 17.7 Å². The van der Waals surface area contributed by atoms with Gasteiger partial charge in [0.05, 0.1) is 24.3 Å². The normalized spacial score (nSPS) is 25.5. The Morgan fingerprint density at radius 3 is 2.67 bits per heavy atom. The summed E-state index contributed by atoms with van der Waals surface area (Å²) in [4.78, 5) is 13.3. The highest BCUT2D eigenvalue weighted by atomic mass is 79.9. The van der Waals surface area contributed by atoms with E-state index in [-0.39, 0.29) is 6.61 Å². The molecule has 4 N–H and O–H groups in total. The predicted molar refractivity (Wildman–Crippen MR) is 110 cm³/mol. The third-order valence-corrected chi connectivity index (χ3v) is 5.94. The Morgan fingerprint density at radius 1 is 1.22 bits per heavy atom. The molecule has 0 unspecified atom stereocenters. The maximum absolute atomic E-state index is 10.2.